The molecule has 0 bridgehead atoms. The molecule has 0 aromatic heterocycles. The van der Waals surface area contributed by atoms with Crippen LogP contribution in [0.25, 0.3) is 0 Å². The molecule has 3 rings (SSSR count). The van der Waals surface area contributed by atoms with Gasteiger partial charge in [0, 0.05) is 27.9 Å². The second-order valence-corrected chi connectivity index (χ2v) is 11.1. The molecule has 0 saturated heterocycles. The maximum atomic E-state index is 14.6. The lowest BCUT2D eigenvalue weighted by Crippen LogP contribution is -2.42. The maximum absolute atomic E-state index is 14.6. The number of benzene rings is 3. The van der Waals surface area contributed by atoms with Crippen molar-refractivity contribution < 1.29 is 24.1 Å². The van der Waals surface area contributed by atoms with Gasteiger partial charge in [0.25, 0.3) is 0 Å². The van der Waals surface area contributed by atoms with Crippen molar-refractivity contribution in [3.05, 3.63) is 89.0 Å². The Morgan fingerprint density at radius 3 is 1.86 bits per heavy atom. The molecule has 0 spiro atoms. The minimum atomic E-state index is -3.76. The minimum absolute atomic E-state index is 0.242. The van der Waals surface area contributed by atoms with Crippen LogP contribution in [-0.4, -0.2) is 35.1 Å². The van der Waals surface area contributed by atoms with E-state index >= 15 is 0 Å². The molecule has 0 saturated carbocycles. The summed E-state index contributed by atoms with van der Waals surface area (Å²) in [4.78, 5) is 38.8. The molecule has 35 heavy (non-hydrogen) atoms. The smallest absolute Gasteiger partial charge is 0.313 e. The minimum Gasteiger partial charge on any atom is -0.394 e. The van der Waals surface area contributed by atoms with Gasteiger partial charge in [0.1, 0.15) is 0 Å². The number of hydrogen-bond acceptors (Lipinski definition) is 5. The zero-order chi connectivity index (χ0) is 25.8. The molecular formula is C27H29N2O5P. The zero-order valence-corrected chi connectivity index (χ0v) is 21.1. The van der Waals surface area contributed by atoms with Crippen LogP contribution in [0.3, 0.4) is 0 Å². The van der Waals surface area contributed by atoms with Crippen molar-refractivity contribution in [1.29, 1.82) is 0 Å². The van der Waals surface area contributed by atoms with Gasteiger partial charge in [0.2, 0.25) is 12.7 Å². The molecule has 7 nitrogen and oxygen atoms in total. The first-order valence-corrected chi connectivity index (χ1v) is 12.9. The Kier molecular flexibility index (Phi) is 8.05. The third-order valence-corrected chi connectivity index (χ3v) is 8.65. The molecule has 0 heterocycles. The van der Waals surface area contributed by atoms with Gasteiger partial charge in [-0.2, -0.15) is 0 Å². The number of anilines is 1. The van der Waals surface area contributed by atoms with E-state index in [-0.39, 0.29) is 12.2 Å². The predicted octanol–water partition coefficient (Wildman–Crippen LogP) is 3.20. The third kappa shape index (κ3) is 5.26. The van der Waals surface area contributed by atoms with Crippen molar-refractivity contribution in [2.75, 3.05) is 11.9 Å². The molecule has 0 radical (unpaired) electrons. The second-order valence-electron chi connectivity index (χ2n) is 8.48. The first-order valence-electron chi connectivity index (χ1n) is 11.2. The highest BCUT2D eigenvalue weighted by molar-refractivity contribution is 7.93. The molecule has 0 aliphatic rings. The highest BCUT2D eigenvalue weighted by Crippen LogP contribution is 2.48. The number of amides is 2. The van der Waals surface area contributed by atoms with Gasteiger partial charge < -0.3 is 20.3 Å². The number of carbonyl (C=O) groups excluding carboxylic acids is 3. The molecule has 1 atom stereocenters. The Hall–Kier alpha value is -3.54. The molecule has 2 amide bonds. The summed E-state index contributed by atoms with van der Waals surface area (Å²) in [6, 6.07) is 18.4. The Bertz CT molecular complexity index is 1260. The fourth-order valence-corrected chi connectivity index (χ4v) is 6.64. The van der Waals surface area contributed by atoms with Gasteiger partial charge in [0.15, 0.2) is 0 Å². The number of rotatable bonds is 7. The van der Waals surface area contributed by atoms with Gasteiger partial charge in [-0.25, -0.2) is 0 Å². The van der Waals surface area contributed by atoms with Crippen molar-refractivity contribution in [2.24, 2.45) is 0 Å². The fourth-order valence-electron chi connectivity index (χ4n) is 4.03. The summed E-state index contributed by atoms with van der Waals surface area (Å²) in [6.07, 6.45) is 0. The number of aryl methyl sites for hydroxylation is 2. The van der Waals surface area contributed by atoms with Crippen LogP contribution in [0.4, 0.5) is 5.69 Å². The second kappa shape index (κ2) is 10.8. The lowest BCUT2D eigenvalue weighted by molar-refractivity contribution is -0.136. The maximum Gasteiger partial charge on any atom is 0.313 e. The van der Waals surface area contributed by atoms with Gasteiger partial charge in [-0.05, 0) is 44.4 Å². The van der Waals surface area contributed by atoms with Gasteiger partial charge in [-0.3, -0.25) is 14.4 Å². The largest absolute Gasteiger partial charge is 0.394 e. The van der Waals surface area contributed by atoms with Crippen molar-refractivity contribution in [3.8, 4) is 0 Å². The molecule has 1 unspecified atom stereocenters. The van der Waals surface area contributed by atoms with E-state index in [1.807, 2.05) is 0 Å². The SMILES string of the molecule is Cc1cc(C)c(C(=O)P(=O)(c2ccccc2)c2ccccc2)c(C)c1NC(=O)C(=O)NC(C)CO. The first-order chi connectivity index (χ1) is 16.6. The topological polar surface area (TPSA) is 113 Å². The van der Waals surface area contributed by atoms with Crippen LogP contribution in [0.15, 0.2) is 66.7 Å². The summed E-state index contributed by atoms with van der Waals surface area (Å²) < 4.78 is 14.6. The molecule has 0 aliphatic heterocycles. The summed E-state index contributed by atoms with van der Waals surface area (Å²) in [5.74, 6) is -1.83. The quantitative estimate of drug-likeness (QED) is 0.346. The van der Waals surface area contributed by atoms with E-state index in [9.17, 15) is 18.9 Å². The predicted molar refractivity (Wildman–Crippen MR) is 138 cm³/mol. The van der Waals surface area contributed by atoms with E-state index in [4.69, 9.17) is 5.11 Å². The Labute approximate surface area is 204 Å². The van der Waals surface area contributed by atoms with Crippen LogP contribution in [0, 0.1) is 20.8 Å². The van der Waals surface area contributed by atoms with Gasteiger partial charge in [0.05, 0.1) is 6.61 Å². The lowest BCUT2D eigenvalue weighted by atomic mass is 9.98. The van der Waals surface area contributed by atoms with Crippen molar-refractivity contribution in [1.82, 2.24) is 5.32 Å². The highest BCUT2D eigenvalue weighted by Gasteiger charge is 2.38. The Morgan fingerprint density at radius 1 is 0.857 bits per heavy atom. The van der Waals surface area contributed by atoms with Gasteiger partial charge >= 0.3 is 11.8 Å². The van der Waals surface area contributed by atoms with Crippen molar-refractivity contribution >= 4 is 40.8 Å². The van der Waals surface area contributed by atoms with Crippen LogP contribution in [-0.2, 0) is 14.2 Å². The number of aliphatic hydroxyl groups is 1. The summed E-state index contributed by atoms with van der Waals surface area (Å²) in [5, 5.41) is 14.9. The van der Waals surface area contributed by atoms with E-state index in [1.54, 1.807) is 94.4 Å². The number of nitrogens with one attached hydrogen (secondary N) is 2. The van der Waals surface area contributed by atoms with E-state index in [0.29, 0.717) is 33.0 Å². The van der Waals surface area contributed by atoms with E-state index in [2.05, 4.69) is 10.6 Å². The Morgan fingerprint density at radius 2 is 1.37 bits per heavy atom. The molecular weight excluding hydrogens is 463 g/mol. The van der Waals surface area contributed by atoms with Crippen molar-refractivity contribution in [3.63, 3.8) is 0 Å². The molecule has 3 N–H and O–H groups in total. The monoisotopic (exact) mass is 492 g/mol. The number of carbonyl (C=O) groups is 3. The summed E-state index contributed by atoms with van der Waals surface area (Å²) in [5.41, 5.74) is 1.71. The Balaban J connectivity index is 2.12. The average molecular weight is 493 g/mol. The molecule has 3 aromatic carbocycles. The zero-order valence-electron chi connectivity index (χ0n) is 20.2. The van der Waals surface area contributed by atoms with E-state index in [1.165, 1.54) is 0 Å². The third-order valence-electron chi connectivity index (χ3n) is 5.81. The van der Waals surface area contributed by atoms with Gasteiger partial charge in [-0.1, -0.05) is 66.7 Å². The fraction of sp³-hybridized carbons (Fsp3) is 0.222. The summed E-state index contributed by atoms with van der Waals surface area (Å²) >= 11 is 0. The van der Waals surface area contributed by atoms with Crippen LogP contribution in [0.5, 0.6) is 0 Å². The van der Waals surface area contributed by atoms with Gasteiger partial charge in [-0.15, -0.1) is 0 Å². The normalized spacial score (nSPS) is 12.0. The van der Waals surface area contributed by atoms with E-state index in [0.717, 1.165) is 0 Å². The summed E-state index contributed by atoms with van der Waals surface area (Å²) in [7, 11) is -3.76. The van der Waals surface area contributed by atoms with Crippen molar-refractivity contribution in [2.45, 2.75) is 33.7 Å². The first kappa shape index (κ1) is 26.1. The van der Waals surface area contributed by atoms with Crippen LogP contribution < -0.4 is 21.2 Å². The molecule has 0 aliphatic carbocycles. The van der Waals surface area contributed by atoms with Crippen LogP contribution in [0.1, 0.15) is 34.0 Å². The molecule has 3 aromatic rings. The number of aliphatic hydroxyl groups excluding tert-OH is 1. The lowest BCUT2D eigenvalue weighted by Gasteiger charge is -2.22. The number of hydrogen-bond donors (Lipinski definition) is 3. The standard InChI is InChI=1S/C27H29N2O5P/c1-17-15-18(2)24(29-26(32)25(31)28-19(3)16-30)20(4)23(17)27(33)35(34,21-11-7-5-8-12-21)22-13-9-6-10-14-22/h5-15,19,30H,16H2,1-4H3,(H,28,31)(H,29,32). The average Bonchev–Trinajstić information content (AvgIpc) is 2.86. The molecule has 182 valence electrons. The molecule has 8 heteroatoms. The van der Waals surface area contributed by atoms with Crippen LogP contribution >= 0.6 is 7.14 Å². The molecule has 0 fully saturated rings. The van der Waals surface area contributed by atoms with Crippen LogP contribution in [0.2, 0.25) is 0 Å². The highest BCUT2D eigenvalue weighted by atomic mass is 31.2. The van der Waals surface area contributed by atoms with E-state index < -0.39 is 30.5 Å². The summed E-state index contributed by atoms with van der Waals surface area (Å²) in [6.45, 7) is 6.43.